The number of hydrogen-bond donors (Lipinski definition) is 3. The Kier molecular flexibility index (Phi) is 4.24. The molecule has 20 heavy (non-hydrogen) atoms. The summed E-state index contributed by atoms with van der Waals surface area (Å²) in [5.74, 6) is 0.567. The number of nitrogens with one attached hydrogen (secondary N) is 3. The average molecular weight is 294 g/mol. The van der Waals surface area contributed by atoms with E-state index in [4.69, 9.17) is 11.6 Å². The molecule has 1 aromatic rings. The molecule has 1 aromatic carbocycles. The molecule has 3 rings (SSSR count). The second kappa shape index (κ2) is 6.12. The molecule has 5 heteroatoms. The van der Waals surface area contributed by atoms with E-state index in [-0.39, 0.29) is 5.91 Å². The Morgan fingerprint density at radius 3 is 3.00 bits per heavy atom. The van der Waals surface area contributed by atoms with Crippen LogP contribution in [0.2, 0.25) is 5.02 Å². The van der Waals surface area contributed by atoms with Gasteiger partial charge in [-0.2, -0.15) is 0 Å². The van der Waals surface area contributed by atoms with Crippen molar-refractivity contribution in [3.8, 4) is 0 Å². The number of halogens is 1. The summed E-state index contributed by atoms with van der Waals surface area (Å²) in [6.07, 6.45) is 5.07. The van der Waals surface area contributed by atoms with Crippen LogP contribution in [-0.4, -0.2) is 24.5 Å². The minimum absolute atomic E-state index is 0.0615. The van der Waals surface area contributed by atoms with E-state index in [1.807, 2.05) is 0 Å². The molecule has 0 spiro atoms. The summed E-state index contributed by atoms with van der Waals surface area (Å²) in [5, 5.41) is 3.59. The van der Waals surface area contributed by atoms with Crippen LogP contribution < -0.4 is 16.2 Å². The lowest BCUT2D eigenvalue weighted by Crippen LogP contribution is -2.42. The molecule has 2 aliphatic rings. The molecule has 1 saturated carbocycles. The van der Waals surface area contributed by atoms with Gasteiger partial charge in [-0.3, -0.25) is 15.6 Å². The van der Waals surface area contributed by atoms with Crippen molar-refractivity contribution in [2.75, 3.05) is 6.54 Å². The standard InChI is InChI=1S/C15H20ClN3O/c16-11-5-3-4-10(8-11)15(20)17-9-14-12-6-1-2-7-13(12)18-19-14/h3-5,8,12-14,18-19H,1-2,6-7,9H2,(H,17,20). The second-order valence-electron chi connectivity index (χ2n) is 5.67. The van der Waals surface area contributed by atoms with Crippen LogP contribution in [0.25, 0.3) is 0 Å². The van der Waals surface area contributed by atoms with Crippen LogP contribution in [-0.2, 0) is 0 Å². The molecule has 2 fully saturated rings. The highest BCUT2D eigenvalue weighted by Crippen LogP contribution is 2.29. The van der Waals surface area contributed by atoms with E-state index in [0.717, 1.165) is 0 Å². The van der Waals surface area contributed by atoms with E-state index >= 15 is 0 Å². The highest BCUT2D eigenvalue weighted by Gasteiger charge is 2.36. The number of rotatable bonds is 3. The molecule has 1 heterocycles. The van der Waals surface area contributed by atoms with Crippen LogP contribution >= 0.6 is 11.6 Å². The van der Waals surface area contributed by atoms with E-state index in [9.17, 15) is 4.79 Å². The van der Waals surface area contributed by atoms with E-state index < -0.39 is 0 Å². The smallest absolute Gasteiger partial charge is 0.251 e. The normalized spacial score (nSPS) is 28.9. The van der Waals surface area contributed by atoms with Gasteiger partial charge in [0.05, 0.1) is 0 Å². The highest BCUT2D eigenvalue weighted by atomic mass is 35.5. The third-order valence-electron chi connectivity index (χ3n) is 4.36. The molecular weight excluding hydrogens is 274 g/mol. The fraction of sp³-hybridized carbons (Fsp3) is 0.533. The fourth-order valence-electron chi connectivity index (χ4n) is 3.28. The summed E-state index contributed by atoms with van der Waals surface area (Å²) < 4.78 is 0. The van der Waals surface area contributed by atoms with Crippen molar-refractivity contribution < 1.29 is 4.79 Å². The third-order valence-corrected chi connectivity index (χ3v) is 4.59. The number of carbonyl (C=O) groups excluding carboxylic acids is 1. The first kappa shape index (κ1) is 13.9. The number of fused-ring (bicyclic) bond motifs is 1. The number of carbonyl (C=O) groups is 1. The van der Waals surface area contributed by atoms with Crippen LogP contribution in [0.15, 0.2) is 24.3 Å². The van der Waals surface area contributed by atoms with Crippen molar-refractivity contribution in [3.05, 3.63) is 34.9 Å². The molecule has 1 aliphatic carbocycles. The van der Waals surface area contributed by atoms with Crippen molar-refractivity contribution >= 4 is 17.5 Å². The summed E-state index contributed by atoms with van der Waals surface area (Å²) in [6.45, 7) is 0.652. The van der Waals surface area contributed by atoms with Crippen molar-refractivity contribution in [3.63, 3.8) is 0 Å². The quantitative estimate of drug-likeness (QED) is 0.800. The lowest BCUT2D eigenvalue weighted by molar-refractivity contribution is 0.0947. The zero-order valence-corrected chi connectivity index (χ0v) is 12.1. The van der Waals surface area contributed by atoms with Crippen molar-refractivity contribution in [2.24, 2.45) is 5.92 Å². The summed E-state index contributed by atoms with van der Waals surface area (Å²) in [5.41, 5.74) is 7.30. The minimum Gasteiger partial charge on any atom is -0.350 e. The molecule has 4 nitrogen and oxygen atoms in total. The first-order valence-corrected chi connectivity index (χ1v) is 7.66. The van der Waals surface area contributed by atoms with E-state index in [0.29, 0.717) is 35.1 Å². The zero-order chi connectivity index (χ0) is 13.9. The Morgan fingerprint density at radius 1 is 1.30 bits per heavy atom. The van der Waals surface area contributed by atoms with E-state index in [2.05, 4.69) is 16.2 Å². The maximum atomic E-state index is 12.1. The number of hydrazine groups is 1. The molecule has 3 atom stereocenters. The molecule has 1 aliphatic heterocycles. The van der Waals surface area contributed by atoms with Gasteiger partial charge in [0, 0.05) is 29.2 Å². The van der Waals surface area contributed by atoms with Gasteiger partial charge < -0.3 is 5.32 Å². The molecule has 1 saturated heterocycles. The first-order valence-electron chi connectivity index (χ1n) is 7.29. The Balaban J connectivity index is 1.55. The van der Waals surface area contributed by atoms with Crippen LogP contribution in [0.1, 0.15) is 36.0 Å². The predicted octanol–water partition coefficient (Wildman–Crippen LogP) is 2.10. The van der Waals surface area contributed by atoms with Gasteiger partial charge in [0.15, 0.2) is 0 Å². The zero-order valence-electron chi connectivity index (χ0n) is 11.4. The van der Waals surface area contributed by atoms with Gasteiger partial charge in [-0.15, -0.1) is 0 Å². The van der Waals surface area contributed by atoms with Gasteiger partial charge in [-0.05, 0) is 37.0 Å². The van der Waals surface area contributed by atoms with Crippen LogP contribution in [0, 0.1) is 5.92 Å². The van der Waals surface area contributed by atoms with E-state index in [1.165, 1.54) is 25.7 Å². The lowest BCUT2D eigenvalue weighted by atomic mass is 9.82. The Labute approximate surface area is 124 Å². The van der Waals surface area contributed by atoms with E-state index in [1.54, 1.807) is 24.3 Å². The topological polar surface area (TPSA) is 53.2 Å². The Morgan fingerprint density at radius 2 is 2.15 bits per heavy atom. The lowest BCUT2D eigenvalue weighted by Gasteiger charge is -2.27. The summed E-state index contributed by atoms with van der Waals surface area (Å²) >= 11 is 5.90. The van der Waals surface area contributed by atoms with Crippen LogP contribution in [0.4, 0.5) is 0 Å². The SMILES string of the molecule is O=C(NCC1NNC2CCCCC21)c1cccc(Cl)c1. The maximum Gasteiger partial charge on any atom is 0.251 e. The monoisotopic (exact) mass is 293 g/mol. The fourth-order valence-corrected chi connectivity index (χ4v) is 3.47. The maximum absolute atomic E-state index is 12.1. The summed E-state index contributed by atoms with van der Waals surface area (Å²) in [4.78, 5) is 12.1. The van der Waals surface area contributed by atoms with Gasteiger partial charge in [0.25, 0.3) is 5.91 Å². The largest absolute Gasteiger partial charge is 0.350 e. The average Bonchev–Trinajstić information content (AvgIpc) is 2.88. The molecule has 0 radical (unpaired) electrons. The van der Waals surface area contributed by atoms with Gasteiger partial charge in [0.1, 0.15) is 0 Å². The van der Waals surface area contributed by atoms with Crippen LogP contribution in [0.3, 0.4) is 0 Å². The van der Waals surface area contributed by atoms with Gasteiger partial charge in [0.2, 0.25) is 0 Å². The Hall–Kier alpha value is -1.10. The molecule has 0 aromatic heterocycles. The summed E-state index contributed by atoms with van der Waals surface area (Å²) in [6, 6.07) is 7.93. The van der Waals surface area contributed by atoms with Crippen molar-refractivity contribution in [2.45, 2.75) is 37.8 Å². The van der Waals surface area contributed by atoms with Gasteiger partial charge in [-0.25, -0.2) is 0 Å². The Bertz CT molecular complexity index is 494. The molecule has 3 unspecified atom stereocenters. The molecule has 0 bridgehead atoms. The van der Waals surface area contributed by atoms with Gasteiger partial charge >= 0.3 is 0 Å². The van der Waals surface area contributed by atoms with Crippen molar-refractivity contribution in [1.82, 2.24) is 16.2 Å². The number of benzene rings is 1. The number of amides is 1. The second-order valence-corrected chi connectivity index (χ2v) is 6.11. The molecular formula is C15H20ClN3O. The van der Waals surface area contributed by atoms with Gasteiger partial charge in [-0.1, -0.05) is 30.5 Å². The molecule has 108 valence electrons. The molecule has 1 amide bonds. The predicted molar refractivity (Wildman–Crippen MR) is 79.6 cm³/mol. The van der Waals surface area contributed by atoms with Crippen LogP contribution in [0.5, 0.6) is 0 Å². The number of hydrogen-bond acceptors (Lipinski definition) is 3. The summed E-state index contributed by atoms with van der Waals surface area (Å²) in [7, 11) is 0. The van der Waals surface area contributed by atoms with Crippen molar-refractivity contribution in [1.29, 1.82) is 0 Å². The highest BCUT2D eigenvalue weighted by molar-refractivity contribution is 6.30. The first-order chi connectivity index (χ1) is 9.74. The minimum atomic E-state index is -0.0615. The third kappa shape index (κ3) is 2.97. The molecule has 3 N–H and O–H groups in total.